The molecule has 1 aromatic rings. The lowest BCUT2D eigenvalue weighted by atomic mass is 10.3. The van der Waals surface area contributed by atoms with Gasteiger partial charge in [0, 0.05) is 23.8 Å². The van der Waals surface area contributed by atoms with Crippen LogP contribution in [0.1, 0.15) is 12.8 Å². The van der Waals surface area contributed by atoms with Gasteiger partial charge < -0.3 is 4.74 Å². The van der Waals surface area contributed by atoms with Crippen molar-refractivity contribution < 1.29 is 41.2 Å². The minimum absolute atomic E-state index is 0.129. The van der Waals surface area contributed by atoms with Crippen molar-refractivity contribution in [2.75, 3.05) is 5.75 Å². The van der Waals surface area contributed by atoms with E-state index in [9.17, 15) is 31.6 Å². The van der Waals surface area contributed by atoms with Crippen LogP contribution >= 0.6 is 0 Å². The average Bonchev–Trinajstić information content (AvgIpc) is 2.86. The second kappa shape index (κ2) is 7.97. The first-order chi connectivity index (χ1) is 12.6. The number of imide groups is 1. The number of hydroxylamine groups is 2. The average molecular weight is 404 g/mol. The second-order valence-corrected chi connectivity index (χ2v) is 7.06. The summed E-state index contributed by atoms with van der Waals surface area (Å²) in [6.07, 6.45) is -4.08. The summed E-state index contributed by atoms with van der Waals surface area (Å²) in [5.74, 6) is -5.25. The number of hydrogen-bond donors (Lipinski definition) is 0. The van der Waals surface area contributed by atoms with E-state index in [0.29, 0.717) is 18.2 Å². The van der Waals surface area contributed by atoms with Crippen molar-refractivity contribution in [2.45, 2.75) is 24.0 Å². The van der Waals surface area contributed by atoms with Crippen LogP contribution in [0.2, 0.25) is 0 Å². The number of halogens is 2. The summed E-state index contributed by atoms with van der Waals surface area (Å²) in [4.78, 5) is 40.0. The Kier molecular flexibility index (Phi) is 5.92. The van der Waals surface area contributed by atoms with Gasteiger partial charge in [-0.2, -0.15) is 0 Å². The molecule has 11 nitrogen and oxygen atoms in total. The standard InChI is InChI=1S/C13H10F2N4O7S/c14-7-1-2-9(8(15)5-7)27(23,24)6-10(17-18-16)25-13(22)26-19-11(20)3-4-12(19)21/h1-2,5,10H,3-4,6H2. The monoisotopic (exact) mass is 404 g/mol. The summed E-state index contributed by atoms with van der Waals surface area (Å²) in [5, 5.41) is 3.06. The first kappa shape index (κ1) is 20.1. The molecular formula is C13H10F2N4O7S. The summed E-state index contributed by atoms with van der Waals surface area (Å²) in [6, 6.07) is 1.67. The maximum Gasteiger partial charge on any atom is 0.534 e. The lowest BCUT2D eigenvalue weighted by molar-refractivity contribution is -0.178. The number of nitrogens with zero attached hydrogens (tertiary/aromatic N) is 4. The molecule has 0 spiro atoms. The molecule has 1 heterocycles. The van der Waals surface area contributed by atoms with Crippen molar-refractivity contribution in [1.29, 1.82) is 0 Å². The van der Waals surface area contributed by atoms with E-state index in [2.05, 4.69) is 19.6 Å². The van der Waals surface area contributed by atoms with Crippen LogP contribution in [0.5, 0.6) is 0 Å². The molecule has 0 aliphatic carbocycles. The fourth-order valence-electron chi connectivity index (χ4n) is 2.02. The van der Waals surface area contributed by atoms with Gasteiger partial charge in [0.1, 0.15) is 16.5 Å². The summed E-state index contributed by atoms with van der Waals surface area (Å²) < 4.78 is 55.4. The van der Waals surface area contributed by atoms with E-state index < -0.39 is 56.3 Å². The lowest BCUT2D eigenvalue weighted by Crippen LogP contribution is -2.34. The number of ether oxygens (including phenoxy) is 1. The van der Waals surface area contributed by atoms with Crippen LogP contribution in [0.25, 0.3) is 10.4 Å². The summed E-state index contributed by atoms with van der Waals surface area (Å²) in [5.41, 5.74) is 8.47. The Morgan fingerprint density at radius 2 is 1.93 bits per heavy atom. The van der Waals surface area contributed by atoms with Crippen LogP contribution in [0.15, 0.2) is 28.2 Å². The third kappa shape index (κ3) is 4.89. The zero-order valence-corrected chi connectivity index (χ0v) is 14.1. The highest BCUT2D eigenvalue weighted by atomic mass is 32.2. The quantitative estimate of drug-likeness (QED) is 0.174. The van der Waals surface area contributed by atoms with Crippen molar-refractivity contribution >= 4 is 27.8 Å². The van der Waals surface area contributed by atoms with E-state index in [-0.39, 0.29) is 17.9 Å². The Morgan fingerprint density at radius 3 is 2.48 bits per heavy atom. The van der Waals surface area contributed by atoms with Crippen LogP contribution in [-0.2, 0) is 29.0 Å². The molecule has 0 aromatic heterocycles. The first-order valence-corrected chi connectivity index (χ1v) is 8.75. The highest BCUT2D eigenvalue weighted by Gasteiger charge is 2.34. The van der Waals surface area contributed by atoms with Gasteiger partial charge in [-0.05, 0) is 22.8 Å². The van der Waals surface area contributed by atoms with Gasteiger partial charge >= 0.3 is 6.16 Å². The molecule has 1 unspecified atom stereocenters. The minimum Gasteiger partial charge on any atom is -0.422 e. The fourth-order valence-corrected chi connectivity index (χ4v) is 3.34. The van der Waals surface area contributed by atoms with Gasteiger partial charge in [-0.1, -0.05) is 5.06 Å². The largest absolute Gasteiger partial charge is 0.534 e. The lowest BCUT2D eigenvalue weighted by Gasteiger charge is -2.16. The number of azide groups is 1. The van der Waals surface area contributed by atoms with Crippen LogP contribution in [0, 0.1) is 11.6 Å². The molecule has 1 fully saturated rings. The summed E-state index contributed by atoms with van der Waals surface area (Å²) in [6.45, 7) is 0. The Hall–Kier alpha value is -3.25. The van der Waals surface area contributed by atoms with Crippen molar-refractivity contribution in [2.24, 2.45) is 5.11 Å². The molecule has 2 rings (SSSR count). The molecule has 1 aromatic carbocycles. The number of sulfone groups is 1. The summed E-state index contributed by atoms with van der Waals surface area (Å²) >= 11 is 0. The molecular weight excluding hydrogens is 394 g/mol. The van der Waals surface area contributed by atoms with Crippen LogP contribution < -0.4 is 0 Å². The maximum atomic E-state index is 13.7. The highest BCUT2D eigenvalue weighted by molar-refractivity contribution is 7.91. The minimum atomic E-state index is -4.51. The van der Waals surface area contributed by atoms with Crippen LogP contribution in [-0.4, -0.2) is 43.4 Å². The van der Waals surface area contributed by atoms with Gasteiger partial charge in [0.25, 0.3) is 11.8 Å². The molecule has 2 amide bonds. The molecule has 27 heavy (non-hydrogen) atoms. The van der Waals surface area contributed by atoms with E-state index in [1.807, 2.05) is 0 Å². The molecule has 0 N–H and O–H groups in total. The molecule has 1 aliphatic rings. The molecule has 1 aliphatic heterocycles. The van der Waals surface area contributed by atoms with Gasteiger partial charge in [0.2, 0.25) is 0 Å². The normalized spacial score (nSPS) is 15.3. The predicted octanol–water partition coefficient (Wildman–Crippen LogP) is 1.59. The number of amides is 2. The molecule has 1 atom stereocenters. The number of carbonyl (C=O) groups excluding carboxylic acids is 3. The Bertz CT molecular complexity index is 930. The second-order valence-electron chi connectivity index (χ2n) is 5.06. The topological polar surface area (TPSA) is 156 Å². The van der Waals surface area contributed by atoms with Crippen molar-refractivity contribution in [3.05, 3.63) is 40.3 Å². The van der Waals surface area contributed by atoms with Gasteiger partial charge in [0.15, 0.2) is 16.1 Å². The first-order valence-electron chi connectivity index (χ1n) is 7.10. The molecule has 1 saturated heterocycles. The zero-order valence-electron chi connectivity index (χ0n) is 13.2. The smallest absolute Gasteiger partial charge is 0.422 e. The number of hydrogen-bond acceptors (Lipinski definition) is 8. The number of rotatable bonds is 6. The molecule has 14 heteroatoms. The third-order valence-electron chi connectivity index (χ3n) is 3.18. The van der Waals surface area contributed by atoms with Gasteiger partial charge in [-0.15, -0.1) is 0 Å². The van der Waals surface area contributed by atoms with Gasteiger partial charge in [0.05, 0.1) is 5.75 Å². The Labute approximate surface area is 149 Å². The Morgan fingerprint density at radius 1 is 1.30 bits per heavy atom. The SMILES string of the molecule is [N-]=[N+]=NC(CS(=O)(=O)c1ccc(F)cc1F)OC(=O)ON1C(=O)CCC1=O. The van der Waals surface area contributed by atoms with E-state index in [4.69, 9.17) is 5.53 Å². The van der Waals surface area contributed by atoms with Crippen molar-refractivity contribution in [3.8, 4) is 0 Å². The van der Waals surface area contributed by atoms with E-state index in [1.165, 1.54) is 0 Å². The van der Waals surface area contributed by atoms with Crippen LogP contribution in [0.3, 0.4) is 0 Å². The zero-order chi connectivity index (χ0) is 20.2. The number of carbonyl (C=O) groups is 3. The molecule has 144 valence electrons. The van der Waals surface area contributed by atoms with E-state index in [0.717, 1.165) is 0 Å². The highest BCUT2D eigenvalue weighted by Crippen LogP contribution is 2.19. The van der Waals surface area contributed by atoms with Gasteiger partial charge in [-0.3, -0.25) is 14.4 Å². The van der Waals surface area contributed by atoms with Crippen molar-refractivity contribution in [1.82, 2.24) is 5.06 Å². The van der Waals surface area contributed by atoms with Crippen molar-refractivity contribution in [3.63, 3.8) is 0 Å². The predicted molar refractivity (Wildman–Crippen MR) is 80.0 cm³/mol. The third-order valence-corrected chi connectivity index (χ3v) is 4.90. The molecule has 0 saturated carbocycles. The molecule has 0 radical (unpaired) electrons. The fraction of sp³-hybridized carbons (Fsp3) is 0.308. The summed E-state index contributed by atoms with van der Waals surface area (Å²) in [7, 11) is -4.51. The van der Waals surface area contributed by atoms with E-state index >= 15 is 0 Å². The van der Waals surface area contributed by atoms with E-state index in [1.54, 1.807) is 0 Å². The maximum absolute atomic E-state index is 13.7. The molecule has 0 bridgehead atoms. The van der Waals surface area contributed by atoms with Gasteiger partial charge in [-0.25, -0.2) is 22.0 Å². The number of benzene rings is 1. The van der Waals surface area contributed by atoms with Crippen LogP contribution in [0.4, 0.5) is 13.6 Å². The Balaban J connectivity index is 2.12.